The maximum atomic E-state index is 12.3. The molecule has 0 aliphatic heterocycles. The molecule has 0 fully saturated rings. The van der Waals surface area contributed by atoms with Crippen LogP contribution >= 0.6 is 0 Å². The highest BCUT2D eigenvalue weighted by molar-refractivity contribution is 7.89. The quantitative estimate of drug-likeness (QED) is 0.554. The van der Waals surface area contributed by atoms with Crippen molar-refractivity contribution in [3.05, 3.63) is 24.3 Å². The third-order valence-corrected chi connectivity index (χ3v) is 4.59. The van der Waals surface area contributed by atoms with Gasteiger partial charge in [0.25, 0.3) is 0 Å². The lowest BCUT2D eigenvalue weighted by molar-refractivity contribution is -0.145. The van der Waals surface area contributed by atoms with E-state index in [1.54, 1.807) is 19.1 Å². The fourth-order valence-electron chi connectivity index (χ4n) is 1.73. The van der Waals surface area contributed by atoms with E-state index in [9.17, 15) is 13.2 Å². The molecule has 0 heterocycles. The van der Waals surface area contributed by atoms with Crippen LogP contribution in [-0.2, 0) is 19.6 Å². The summed E-state index contributed by atoms with van der Waals surface area (Å²) in [5, 5.41) is 0. The Labute approximate surface area is 131 Å². The van der Waals surface area contributed by atoms with Gasteiger partial charge in [-0.3, -0.25) is 4.79 Å². The predicted octanol–water partition coefficient (Wildman–Crippen LogP) is 2.10. The van der Waals surface area contributed by atoms with E-state index in [1.807, 2.05) is 6.92 Å². The number of hydrogen-bond acceptors (Lipinski definition) is 5. The Morgan fingerprint density at radius 1 is 1.23 bits per heavy atom. The van der Waals surface area contributed by atoms with E-state index in [4.69, 9.17) is 9.47 Å². The van der Waals surface area contributed by atoms with Gasteiger partial charge >= 0.3 is 5.97 Å². The number of methoxy groups -OCH3 is 1. The van der Waals surface area contributed by atoms with Gasteiger partial charge in [-0.2, -0.15) is 4.72 Å². The van der Waals surface area contributed by atoms with Gasteiger partial charge in [0.05, 0.1) is 18.6 Å². The van der Waals surface area contributed by atoms with E-state index in [1.165, 1.54) is 19.2 Å². The van der Waals surface area contributed by atoms with Crippen LogP contribution in [0.1, 0.15) is 33.1 Å². The van der Waals surface area contributed by atoms with Gasteiger partial charge in [-0.15, -0.1) is 0 Å². The Morgan fingerprint density at radius 2 is 1.86 bits per heavy atom. The lowest BCUT2D eigenvalue weighted by Gasteiger charge is -2.16. The Hall–Kier alpha value is -1.60. The van der Waals surface area contributed by atoms with Crippen LogP contribution in [0.4, 0.5) is 0 Å². The molecule has 0 aromatic heterocycles. The van der Waals surface area contributed by atoms with Crippen LogP contribution in [-0.4, -0.2) is 34.1 Å². The van der Waals surface area contributed by atoms with Crippen LogP contribution in [0.3, 0.4) is 0 Å². The fourth-order valence-corrected chi connectivity index (χ4v) is 2.99. The first-order chi connectivity index (χ1) is 10.4. The largest absolute Gasteiger partial charge is 0.497 e. The highest BCUT2D eigenvalue weighted by Gasteiger charge is 2.25. The summed E-state index contributed by atoms with van der Waals surface area (Å²) in [6.45, 7) is 4.01. The average molecular weight is 329 g/mol. The molecule has 7 heteroatoms. The Morgan fingerprint density at radius 3 is 2.36 bits per heavy atom. The van der Waals surface area contributed by atoms with Crippen molar-refractivity contribution >= 4 is 16.0 Å². The summed E-state index contributed by atoms with van der Waals surface area (Å²) in [6, 6.07) is 5.07. The predicted molar refractivity (Wildman–Crippen MR) is 83.3 cm³/mol. The van der Waals surface area contributed by atoms with Crippen molar-refractivity contribution < 1.29 is 22.7 Å². The average Bonchev–Trinajstić information content (AvgIpc) is 2.52. The summed E-state index contributed by atoms with van der Waals surface area (Å²) in [6.07, 6.45) is 1.98. The van der Waals surface area contributed by atoms with Crippen molar-refractivity contribution in [1.29, 1.82) is 0 Å². The molecule has 6 nitrogen and oxygen atoms in total. The zero-order valence-corrected chi connectivity index (χ0v) is 14.0. The van der Waals surface area contributed by atoms with Crippen LogP contribution in [0.5, 0.6) is 5.75 Å². The van der Waals surface area contributed by atoms with Crippen molar-refractivity contribution in [2.75, 3.05) is 13.7 Å². The molecule has 0 amide bonds. The van der Waals surface area contributed by atoms with Gasteiger partial charge in [0.2, 0.25) is 10.0 Å². The second-order valence-corrected chi connectivity index (χ2v) is 6.49. The standard InChI is InChI=1S/C15H23NO5S/c1-4-6-11-21-15(17)14(5-2)16-22(18,19)13-9-7-12(20-3)8-10-13/h7-10,14,16H,4-6,11H2,1-3H3/t14-/m0/s1. The molecule has 0 bridgehead atoms. The van der Waals surface area contributed by atoms with E-state index in [-0.39, 0.29) is 4.90 Å². The summed E-state index contributed by atoms with van der Waals surface area (Å²) in [4.78, 5) is 12.0. The number of rotatable bonds is 9. The molecule has 1 N–H and O–H groups in total. The molecule has 22 heavy (non-hydrogen) atoms. The highest BCUT2D eigenvalue weighted by atomic mass is 32.2. The second kappa shape index (κ2) is 8.75. The van der Waals surface area contributed by atoms with Crippen LogP contribution in [0, 0.1) is 0 Å². The fraction of sp³-hybridized carbons (Fsp3) is 0.533. The first-order valence-electron chi connectivity index (χ1n) is 7.27. The van der Waals surface area contributed by atoms with Crippen molar-refractivity contribution in [3.8, 4) is 5.75 Å². The molecular weight excluding hydrogens is 306 g/mol. The van der Waals surface area contributed by atoms with Crippen molar-refractivity contribution in [1.82, 2.24) is 4.72 Å². The minimum absolute atomic E-state index is 0.0770. The first-order valence-corrected chi connectivity index (χ1v) is 8.76. The maximum Gasteiger partial charge on any atom is 0.324 e. The Bertz CT molecular complexity index is 568. The molecule has 0 spiro atoms. The van der Waals surface area contributed by atoms with Gasteiger partial charge in [-0.1, -0.05) is 20.3 Å². The van der Waals surface area contributed by atoms with Gasteiger partial charge in [0.1, 0.15) is 11.8 Å². The van der Waals surface area contributed by atoms with Crippen molar-refractivity contribution in [2.45, 2.75) is 44.0 Å². The molecule has 0 unspecified atom stereocenters. The van der Waals surface area contributed by atoms with E-state index < -0.39 is 22.0 Å². The molecule has 0 aliphatic rings. The molecule has 0 aliphatic carbocycles. The minimum atomic E-state index is -3.78. The summed E-state index contributed by atoms with van der Waals surface area (Å²) in [5.41, 5.74) is 0. The van der Waals surface area contributed by atoms with Gasteiger partial charge in [-0.25, -0.2) is 8.42 Å². The number of nitrogens with one attached hydrogen (secondary N) is 1. The monoisotopic (exact) mass is 329 g/mol. The van der Waals surface area contributed by atoms with Gasteiger partial charge in [-0.05, 0) is 37.1 Å². The zero-order valence-electron chi connectivity index (χ0n) is 13.2. The van der Waals surface area contributed by atoms with Crippen LogP contribution in [0.15, 0.2) is 29.2 Å². The number of hydrogen-bond donors (Lipinski definition) is 1. The van der Waals surface area contributed by atoms with Crippen molar-refractivity contribution in [3.63, 3.8) is 0 Å². The molecule has 0 saturated heterocycles. The third kappa shape index (κ3) is 5.31. The maximum absolute atomic E-state index is 12.3. The minimum Gasteiger partial charge on any atom is -0.497 e. The number of benzene rings is 1. The van der Waals surface area contributed by atoms with E-state index >= 15 is 0 Å². The van der Waals surface area contributed by atoms with E-state index in [2.05, 4.69) is 4.72 Å². The van der Waals surface area contributed by atoms with Crippen LogP contribution in [0.2, 0.25) is 0 Å². The number of carbonyl (C=O) groups is 1. The number of carbonyl (C=O) groups excluding carboxylic acids is 1. The van der Waals surface area contributed by atoms with Gasteiger partial charge in [0.15, 0.2) is 0 Å². The summed E-state index contributed by atoms with van der Waals surface area (Å²) >= 11 is 0. The third-order valence-electron chi connectivity index (χ3n) is 3.10. The summed E-state index contributed by atoms with van der Waals surface area (Å²) in [7, 11) is -2.28. The topological polar surface area (TPSA) is 81.7 Å². The van der Waals surface area contributed by atoms with Crippen LogP contribution < -0.4 is 9.46 Å². The molecule has 0 radical (unpaired) electrons. The Balaban J connectivity index is 2.76. The Kier molecular flexibility index (Phi) is 7.34. The SMILES string of the molecule is CCCCOC(=O)[C@H](CC)NS(=O)(=O)c1ccc(OC)cc1. The molecule has 0 saturated carbocycles. The number of esters is 1. The molecule has 124 valence electrons. The molecule has 1 rings (SSSR count). The summed E-state index contributed by atoms with van der Waals surface area (Å²) in [5.74, 6) is 0.0120. The molecule has 1 aromatic carbocycles. The highest BCUT2D eigenvalue weighted by Crippen LogP contribution is 2.16. The van der Waals surface area contributed by atoms with Crippen molar-refractivity contribution in [2.24, 2.45) is 0 Å². The van der Waals surface area contributed by atoms with E-state index in [0.29, 0.717) is 18.8 Å². The normalized spacial score (nSPS) is 12.7. The second-order valence-electron chi connectivity index (χ2n) is 4.78. The number of unbranched alkanes of at least 4 members (excludes halogenated alkanes) is 1. The van der Waals surface area contributed by atoms with Gasteiger partial charge < -0.3 is 9.47 Å². The lowest BCUT2D eigenvalue weighted by atomic mass is 10.2. The number of sulfonamides is 1. The molecule has 1 atom stereocenters. The first kappa shape index (κ1) is 18.4. The lowest BCUT2D eigenvalue weighted by Crippen LogP contribution is -2.41. The molecular formula is C15H23NO5S. The number of ether oxygens (including phenoxy) is 2. The summed E-state index contributed by atoms with van der Waals surface area (Å²) < 4.78 is 37.0. The van der Waals surface area contributed by atoms with Gasteiger partial charge in [0, 0.05) is 0 Å². The van der Waals surface area contributed by atoms with E-state index in [0.717, 1.165) is 12.8 Å². The smallest absolute Gasteiger partial charge is 0.324 e. The van der Waals surface area contributed by atoms with Crippen LogP contribution in [0.25, 0.3) is 0 Å². The zero-order chi connectivity index (χ0) is 16.6. The molecule has 1 aromatic rings.